The van der Waals surface area contributed by atoms with Crippen molar-refractivity contribution < 1.29 is 19.2 Å². The summed E-state index contributed by atoms with van der Waals surface area (Å²) in [5.74, 6) is 0.0276. The van der Waals surface area contributed by atoms with E-state index >= 15 is 0 Å². The molecule has 1 saturated carbocycles. The van der Waals surface area contributed by atoms with E-state index in [1.54, 1.807) is 11.8 Å². The summed E-state index contributed by atoms with van der Waals surface area (Å²) in [4.78, 5) is 33.3. The number of carboxylic acids is 1. The fourth-order valence-corrected chi connectivity index (χ4v) is 4.11. The second-order valence-electron chi connectivity index (χ2n) is 7.49. The Bertz CT molecular complexity index is 643. The van der Waals surface area contributed by atoms with E-state index in [1.807, 2.05) is 6.92 Å². The number of amides is 1. The van der Waals surface area contributed by atoms with Crippen LogP contribution in [0.25, 0.3) is 0 Å². The van der Waals surface area contributed by atoms with Crippen molar-refractivity contribution in [1.29, 1.82) is 0 Å². The molecule has 0 aromatic carbocycles. The second-order valence-corrected chi connectivity index (χ2v) is 7.49. The summed E-state index contributed by atoms with van der Waals surface area (Å²) in [5.41, 5.74) is -1.23. The van der Waals surface area contributed by atoms with Crippen LogP contribution in [0, 0.1) is 12.3 Å². The topological polar surface area (TPSA) is 99.8 Å². The van der Waals surface area contributed by atoms with Crippen molar-refractivity contribution in [3.05, 3.63) is 11.7 Å². The van der Waals surface area contributed by atoms with Crippen molar-refractivity contribution in [3.63, 3.8) is 0 Å². The summed E-state index contributed by atoms with van der Waals surface area (Å²) >= 11 is 0. The zero-order valence-electron chi connectivity index (χ0n) is 15.6. The number of aliphatic carboxylic acids is 1. The fraction of sp³-hybridized carbons (Fsp3) is 0.778. The summed E-state index contributed by atoms with van der Waals surface area (Å²) in [6, 6.07) is -0.0141. The number of carboxylic acid groups (broad SMARTS) is 1. The van der Waals surface area contributed by atoms with E-state index in [4.69, 9.17) is 4.52 Å². The van der Waals surface area contributed by atoms with Crippen molar-refractivity contribution in [3.8, 4) is 0 Å². The molecule has 1 atom stereocenters. The van der Waals surface area contributed by atoms with Gasteiger partial charge in [0, 0.05) is 26.2 Å². The number of carbonyl (C=O) groups excluding carboxylic acids is 1. The first-order valence-corrected chi connectivity index (χ1v) is 9.51. The summed E-state index contributed by atoms with van der Waals surface area (Å²) < 4.78 is 5.25. The van der Waals surface area contributed by atoms with Crippen LogP contribution in [-0.4, -0.2) is 63.1 Å². The molecule has 2 heterocycles. The second kappa shape index (κ2) is 7.73. The lowest BCUT2D eigenvalue weighted by molar-refractivity contribution is -0.163. The summed E-state index contributed by atoms with van der Waals surface area (Å²) in [6.45, 7) is 6.20. The van der Waals surface area contributed by atoms with E-state index < -0.39 is 11.4 Å². The number of aryl methyl sites for hydroxylation is 1. The Labute approximate surface area is 153 Å². The first kappa shape index (κ1) is 18.8. The predicted molar refractivity (Wildman–Crippen MR) is 93.4 cm³/mol. The van der Waals surface area contributed by atoms with Gasteiger partial charge in [0.1, 0.15) is 5.41 Å². The van der Waals surface area contributed by atoms with E-state index in [-0.39, 0.29) is 11.9 Å². The first-order chi connectivity index (χ1) is 12.4. The molecule has 26 heavy (non-hydrogen) atoms. The Morgan fingerprint density at radius 1 is 1.12 bits per heavy atom. The van der Waals surface area contributed by atoms with Crippen LogP contribution >= 0.6 is 0 Å². The monoisotopic (exact) mass is 364 g/mol. The summed E-state index contributed by atoms with van der Waals surface area (Å²) in [5, 5.41) is 13.7. The third-order valence-electron chi connectivity index (χ3n) is 5.83. The van der Waals surface area contributed by atoms with E-state index in [0.29, 0.717) is 50.7 Å². The van der Waals surface area contributed by atoms with Crippen LogP contribution in [0.15, 0.2) is 4.52 Å². The molecule has 3 rings (SSSR count). The molecule has 0 spiro atoms. The van der Waals surface area contributed by atoms with Gasteiger partial charge in [0.25, 0.3) is 0 Å². The van der Waals surface area contributed by atoms with Gasteiger partial charge in [0.2, 0.25) is 11.8 Å². The van der Waals surface area contributed by atoms with Crippen LogP contribution in [0.3, 0.4) is 0 Å². The molecule has 144 valence electrons. The van der Waals surface area contributed by atoms with Gasteiger partial charge in [0.15, 0.2) is 5.82 Å². The van der Waals surface area contributed by atoms with E-state index in [9.17, 15) is 14.7 Å². The summed E-state index contributed by atoms with van der Waals surface area (Å²) in [7, 11) is 0. The SMILES string of the molecule is Cc1noc(C(C)N2CCN(C(=O)C3(C(=O)O)CCCCCC3)CC2)n1. The Balaban J connectivity index is 1.64. The zero-order valence-corrected chi connectivity index (χ0v) is 15.6. The average Bonchev–Trinajstić information content (AvgIpc) is 2.92. The van der Waals surface area contributed by atoms with Gasteiger partial charge in [-0.15, -0.1) is 0 Å². The Hall–Kier alpha value is -1.96. The summed E-state index contributed by atoms with van der Waals surface area (Å²) in [6.07, 6.45) is 4.56. The average molecular weight is 364 g/mol. The van der Waals surface area contributed by atoms with E-state index in [0.717, 1.165) is 25.7 Å². The Morgan fingerprint density at radius 2 is 1.73 bits per heavy atom. The molecule has 1 N–H and O–H groups in total. The molecule has 0 radical (unpaired) electrons. The molecule has 8 heteroatoms. The van der Waals surface area contributed by atoms with Crippen molar-refractivity contribution in [1.82, 2.24) is 19.9 Å². The van der Waals surface area contributed by atoms with Crippen LogP contribution in [0.1, 0.15) is 63.2 Å². The highest BCUT2D eigenvalue weighted by Crippen LogP contribution is 2.37. The third-order valence-corrected chi connectivity index (χ3v) is 5.83. The minimum atomic E-state index is -1.23. The minimum absolute atomic E-state index is 0.0141. The molecule has 1 amide bonds. The minimum Gasteiger partial charge on any atom is -0.480 e. The predicted octanol–water partition coefficient (Wildman–Crippen LogP) is 2.01. The third kappa shape index (κ3) is 3.60. The lowest BCUT2D eigenvalue weighted by Gasteiger charge is -2.40. The van der Waals surface area contributed by atoms with Gasteiger partial charge in [0.05, 0.1) is 6.04 Å². The largest absolute Gasteiger partial charge is 0.480 e. The fourth-order valence-electron chi connectivity index (χ4n) is 4.11. The quantitative estimate of drug-likeness (QED) is 0.644. The van der Waals surface area contributed by atoms with Crippen LogP contribution in [0.2, 0.25) is 0 Å². The van der Waals surface area contributed by atoms with Gasteiger partial charge in [-0.3, -0.25) is 14.5 Å². The molecular formula is C18H28N4O4. The van der Waals surface area contributed by atoms with E-state index in [1.165, 1.54) is 0 Å². The number of aromatic nitrogens is 2. The van der Waals surface area contributed by atoms with Crippen molar-refractivity contribution in [2.75, 3.05) is 26.2 Å². The standard InChI is InChI=1S/C18H28N4O4/c1-13(15-19-14(2)20-26-15)21-9-11-22(12-10-21)16(23)18(17(24)25)7-5-3-4-6-8-18/h13H,3-12H2,1-2H3,(H,24,25). The number of carbonyl (C=O) groups is 2. The number of rotatable bonds is 4. The molecule has 1 saturated heterocycles. The Kier molecular flexibility index (Phi) is 5.60. The van der Waals surface area contributed by atoms with Gasteiger partial charge < -0.3 is 14.5 Å². The molecule has 2 aliphatic rings. The molecular weight excluding hydrogens is 336 g/mol. The Morgan fingerprint density at radius 3 is 2.23 bits per heavy atom. The molecule has 1 aromatic rings. The van der Waals surface area contributed by atoms with Crippen molar-refractivity contribution >= 4 is 11.9 Å². The highest BCUT2D eigenvalue weighted by Gasteiger charge is 2.48. The number of nitrogens with zero attached hydrogens (tertiary/aromatic N) is 4. The number of hydrogen-bond acceptors (Lipinski definition) is 6. The maximum Gasteiger partial charge on any atom is 0.319 e. The first-order valence-electron chi connectivity index (χ1n) is 9.51. The zero-order chi connectivity index (χ0) is 18.7. The van der Waals surface area contributed by atoms with Crippen LogP contribution < -0.4 is 0 Å². The van der Waals surface area contributed by atoms with E-state index in [2.05, 4.69) is 15.0 Å². The maximum absolute atomic E-state index is 13.1. The molecule has 1 aliphatic carbocycles. The smallest absolute Gasteiger partial charge is 0.319 e. The number of piperazine rings is 1. The lowest BCUT2D eigenvalue weighted by Crippen LogP contribution is -2.55. The molecule has 1 aromatic heterocycles. The molecule has 1 aliphatic heterocycles. The lowest BCUT2D eigenvalue weighted by atomic mass is 9.78. The maximum atomic E-state index is 13.1. The van der Waals surface area contributed by atoms with Crippen molar-refractivity contribution in [2.24, 2.45) is 5.41 Å². The molecule has 0 bridgehead atoms. The van der Waals surface area contributed by atoms with Crippen LogP contribution in [-0.2, 0) is 9.59 Å². The van der Waals surface area contributed by atoms with Gasteiger partial charge in [-0.25, -0.2) is 0 Å². The van der Waals surface area contributed by atoms with Gasteiger partial charge in [-0.1, -0.05) is 30.8 Å². The highest BCUT2D eigenvalue weighted by atomic mass is 16.5. The molecule has 1 unspecified atom stereocenters. The van der Waals surface area contributed by atoms with Crippen LogP contribution in [0.5, 0.6) is 0 Å². The normalized spacial score (nSPS) is 22.6. The molecule has 2 fully saturated rings. The van der Waals surface area contributed by atoms with Gasteiger partial charge in [-0.05, 0) is 26.7 Å². The van der Waals surface area contributed by atoms with Crippen molar-refractivity contribution in [2.45, 2.75) is 58.4 Å². The highest BCUT2D eigenvalue weighted by molar-refractivity contribution is 6.02. The van der Waals surface area contributed by atoms with Gasteiger partial charge >= 0.3 is 5.97 Å². The van der Waals surface area contributed by atoms with Crippen LogP contribution in [0.4, 0.5) is 0 Å². The molecule has 8 nitrogen and oxygen atoms in total. The van der Waals surface area contributed by atoms with Gasteiger partial charge in [-0.2, -0.15) is 4.98 Å². The number of hydrogen-bond donors (Lipinski definition) is 1.